The van der Waals surface area contributed by atoms with Crippen molar-refractivity contribution in [3.63, 3.8) is 0 Å². The Kier molecular flexibility index (Phi) is 4.15. The van der Waals surface area contributed by atoms with Crippen LogP contribution in [0.1, 0.15) is 6.92 Å². The van der Waals surface area contributed by atoms with Gasteiger partial charge in [0.2, 0.25) is 0 Å². The van der Waals surface area contributed by atoms with Gasteiger partial charge in [-0.1, -0.05) is 23.2 Å². The molecule has 0 fully saturated rings. The summed E-state index contributed by atoms with van der Waals surface area (Å²) in [6.07, 6.45) is 2.64. The Morgan fingerprint density at radius 3 is 2.82 bits per heavy atom. The molecule has 0 aliphatic rings. The molecule has 0 unspecified atom stereocenters. The van der Waals surface area contributed by atoms with Crippen LogP contribution in [0.25, 0.3) is 16.7 Å². The highest BCUT2D eigenvalue weighted by Gasteiger charge is 2.12. The summed E-state index contributed by atoms with van der Waals surface area (Å²) in [7, 11) is 0. The second-order valence-electron chi connectivity index (χ2n) is 4.84. The molecule has 0 saturated heterocycles. The molecule has 3 aromatic rings. The van der Waals surface area contributed by atoms with Crippen molar-refractivity contribution in [2.75, 3.05) is 11.9 Å². The fourth-order valence-corrected chi connectivity index (χ4v) is 2.33. The molecule has 114 valence electrons. The van der Waals surface area contributed by atoms with E-state index in [1.54, 1.807) is 29.9 Å². The smallest absolute Gasteiger partial charge is 0.168 e. The normalized spacial score (nSPS) is 12.5. The molecule has 0 radical (unpaired) electrons. The van der Waals surface area contributed by atoms with Gasteiger partial charge in [-0.25, -0.2) is 14.6 Å². The lowest BCUT2D eigenvalue weighted by molar-refractivity contribution is 0.208. The van der Waals surface area contributed by atoms with E-state index in [0.717, 1.165) is 11.1 Å². The highest BCUT2D eigenvalue weighted by atomic mass is 35.5. The Bertz CT molecular complexity index is 818. The van der Waals surface area contributed by atoms with E-state index in [1.807, 2.05) is 6.07 Å². The first kappa shape index (κ1) is 15.0. The van der Waals surface area contributed by atoms with Crippen LogP contribution in [0.5, 0.6) is 0 Å². The van der Waals surface area contributed by atoms with E-state index >= 15 is 0 Å². The number of hydrogen-bond acceptors (Lipinski definition) is 5. The van der Waals surface area contributed by atoms with Gasteiger partial charge in [0.1, 0.15) is 12.1 Å². The lowest BCUT2D eigenvalue weighted by Gasteiger charge is -2.08. The largest absolute Gasteiger partial charge is 0.392 e. The van der Waals surface area contributed by atoms with Crippen molar-refractivity contribution in [1.82, 2.24) is 19.7 Å². The second kappa shape index (κ2) is 6.08. The first-order valence-corrected chi connectivity index (χ1v) is 7.38. The van der Waals surface area contributed by atoms with Gasteiger partial charge in [-0.2, -0.15) is 5.10 Å². The van der Waals surface area contributed by atoms with Crippen LogP contribution in [0.15, 0.2) is 30.7 Å². The SMILES string of the molecule is C[C@H](O)CNc1ncnc2c1cnn2-c1ccc(Cl)c(Cl)c1. The average Bonchev–Trinajstić information content (AvgIpc) is 2.92. The number of rotatable bonds is 4. The van der Waals surface area contributed by atoms with Gasteiger partial charge in [-0.15, -0.1) is 0 Å². The van der Waals surface area contributed by atoms with Gasteiger partial charge in [0.15, 0.2) is 5.65 Å². The van der Waals surface area contributed by atoms with Crippen molar-refractivity contribution in [1.29, 1.82) is 0 Å². The number of halogens is 2. The van der Waals surface area contributed by atoms with Gasteiger partial charge in [-0.3, -0.25) is 0 Å². The molecule has 1 aromatic carbocycles. The quantitative estimate of drug-likeness (QED) is 0.765. The number of nitrogens with one attached hydrogen (secondary N) is 1. The highest BCUT2D eigenvalue weighted by molar-refractivity contribution is 6.42. The summed E-state index contributed by atoms with van der Waals surface area (Å²) in [4.78, 5) is 8.45. The maximum absolute atomic E-state index is 9.37. The molecular formula is C14H13Cl2N5O. The van der Waals surface area contributed by atoms with Gasteiger partial charge < -0.3 is 10.4 Å². The molecule has 1 atom stereocenters. The van der Waals surface area contributed by atoms with Crippen LogP contribution < -0.4 is 5.32 Å². The molecule has 3 rings (SSSR count). The van der Waals surface area contributed by atoms with E-state index in [-0.39, 0.29) is 0 Å². The number of aliphatic hydroxyl groups excluding tert-OH is 1. The first-order valence-electron chi connectivity index (χ1n) is 6.62. The molecule has 0 aliphatic heterocycles. The average molecular weight is 338 g/mol. The first-order chi connectivity index (χ1) is 10.6. The third kappa shape index (κ3) is 2.85. The number of nitrogens with zero attached hydrogens (tertiary/aromatic N) is 4. The molecule has 2 aromatic heterocycles. The van der Waals surface area contributed by atoms with Crippen LogP contribution >= 0.6 is 23.2 Å². The number of hydrogen-bond donors (Lipinski definition) is 2. The lowest BCUT2D eigenvalue weighted by atomic mass is 10.3. The van der Waals surface area contributed by atoms with Crippen molar-refractivity contribution in [2.45, 2.75) is 13.0 Å². The van der Waals surface area contributed by atoms with Gasteiger partial charge >= 0.3 is 0 Å². The van der Waals surface area contributed by atoms with E-state index < -0.39 is 6.10 Å². The van der Waals surface area contributed by atoms with Crippen molar-refractivity contribution >= 4 is 40.1 Å². The van der Waals surface area contributed by atoms with Crippen LogP contribution in [0.4, 0.5) is 5.82 Å². The summed E-state index contributed by atoms with van der Waals surface area (Å²) in [6.45, 7) is 2.09. The molecule has 2 heterocycles. The predicted octanol–water partition coefficient (Wildman–Crippen LogP) is 2.92. The summed E-state index contributed by atoms with van der Waals surface area (Å²) >= 11 is 12.0. The van der Waals surface area contributed by atoms with Crippen LogP contribution in [0, 0.1) is 0 Å². The van der Waals surface area contributed by atoms with Crippen LogP contribution in [-0.2, 0) is 0 Å². The minimum absolute atomic E-state index is 0.393. The van der Waals surface area contributed by atoms with Gasteiger partial charge in [0, 0.05) is 6.54 Å². The maximum atomic E-state index is 9.37. The van der Waals surface area contributed by atoms with E-state index in [0.29, 0.717) is 28.1 Å². The van der Waals surface area contributed by atoms with Crippen LogP contribution in [0.3, 0.4) is 0 Å². The van der Waals surface area contributed by atoms with Gasteiger partial charge in [0.25, 0.3) is 0 Å². The Balaban J connectivity index is 2.05. The number of benzene rings is 1. The van der Waals surface area contributed by atoms with Crippen LogP contribution in [0.2, 0.25) is 10.0 Å². The molecule has 0 saturated carbocycles. The van der Waals surface area contributed by atoms with E-state index in [9.17, 15) is 5.11 Å². The zero-order valence-corrected chi connectivity index (χ0v) is 13.2. The van der Waals surface area contributed by atoms with E-state index in [4.69, 9.17) is 23.2 Å². The Labute approximate surface area is 136 Å². The number of aromatic nitrogens is 4. The Morgan fingerprint density at radius 1 is 1.27 bits per heavy atom. The summed E-state index contributed by atoms with van der Waals surface area (Å²) in [6, 6.07) is 5.24. The Morgan fingerprint density at radius 2 is 2.09 bits per heavy atom. The summed E-state index contributed by atoms with van der Waals surface area (Å²) in [5.41, 5.74) is 1.39. The summed E-state index contributed by atoms with van der Waals surface area (Å²) in [5, 5.41) is 18.5. The molecule has 2 N–H and O–H groups in total. The van der Waals surface area contributed by atoms with Crippen molar-refractivity contribution < 1.29 is 5.11 Å². The standard InChI is InChI=1S/C14H13Cl2N5O/c1-8(22)5-17-13-10-6-20-21(14(10)19-7-18-13)9-2-3-11(15)12(16)4-9/h2-4,6-8,22H,5H2,1H3,(H,17,18,19)/t8-/m0/s1. The zero-order chi connectivity index (χ0) is 15.7. The molecule has 0 spiro atoms. The van der Waals surface area contributed by atoms with E-state index in [2.05, 4.69) is 20.4 Å². The molecule has 0 bridgehead atoms. The third-order valence-electron chi connectivity index (χ3n) is 3.08. The van der Waals surface area contributed by atoms with Crippen molar-refractivity contribution in [3.05, 3.63) is 40.8 Å². The monoisotopic (exact) mass is 337 g/mol. The van der Waals surface area contributed by atoms with Gasteiger partial charge in [0.05, 0.1) is 33.4 Å². The highest BCUT2D eigenvalue weighted by Crippen LogP contribution is 2.27. The fraction of sp³-hybridized carbons (Fsp3) is 0.214. The van der Waals surface area contributed by atoms with Gasteiger partial charge in [-0.05, 0) is 25.1 Å². The van der Waals surface area contributed by atoms with Crippen molar-refractivity contribution in [3.8, 4) is 5.69 Å². The number of fused-ring (bicyclic) bond motifs is 1. The minimum Gasteiger partial charge on any atom is -0.392 e. The summed E-state index contributed by atoms with van der Waals surface area (Å²) in [5.74, 6) is 0.622. The Hall–Kier alpha value is -1.89. The molecule has 0 amide bonds. The van der Waals surface area contributed by atoms with E-state index in [1.165, 1.54) is 6.33 Å². The fourth-order valence-electron chi connectivity index (χ4n) is 2.04. The molecule has 0 aliphatic carbocycles. The number of aliphatic hydroxyl groups is 1. The minimum atomic E-state index is -0.477. The third-order valence-corrected chi connectivity index (χ3v) is 3.82. The maximum Gasteiger partial charge on any atom is 0.168 e. The predicted molar refractivity (Wildman–Crippen MR) is 86.9 cm³/mol. The van der Waals surface area contributed by atoms with Crippen molar-refractivity contribution in [2.24, 2.45) is 0 Å². The molecule has 6 nitrogen and oxygen atoms in total. The summed E-state index contributed by atoms with van der Waals surface area (Å²) < 4.78 is 1.66. The molecule has 8 heteroatoms. The second-order valence-corrected chi connectivity index (χ2v) is 5.66. The zero-order valence-electron chi connectivity index (χ0n) is 11.7. The molecule has 22 heavy (non-hydrogen) atoms. The lowest BCUT2D eigenvalue weighted by Crippen LogP contribution is -2.16. The molecular weight excluding hydrogens is 325 g/mol. The topological polar surface area (TPSA) is 75.9 Å². The number of anilines is 1. The van der Waals surface area contributed by atoms with Crippen LogP contribution in [-0.4, -0.2) is 37.5 Å².